The molecule has 0 unspecified atom stereocenters. The van der Waals surface area contributed by atoms with Crippen LogP contribution in [-0.2, 0) is 16.2 Å². The molecule has 2 aliphatic heterocycles. The quantitative estimate of drug-likeness (QED) is 0.154. The van der Waals surface area contributed by atoms with E-state index in [0.29, 0.717) is 0 Å². The Labute approximate surface area is 493 Å². The van der Waals surface area contributed by atoms with Gasteiger partial charge >= 0.3 is 0 Å². The minimum atomic E-state index is -0.113. The highest BCUT2D eigenvalue weighted by Gasteiger charge is 2.44. The van der Waals surface area contributed by atoms with Gasteiger partial charge in [-0.05, 0) is 138 Å². The number of rotatable bonds is 6. The molecule has 0 N–H and O–H groups in total. The van der Waals surface area contributed by atoms with Gasteiger partial charge in [-0.1, -0.05) is 244 Å². The summed E-state index contributed by atoms with van der Waals surface area (Å²) in [5.41, 5.74) is 25.8. The van der Waals surface area contributed by atoms with Gasteiger partial charge in [-0.25, -0.2) is 0 Å². The van der Waals surface area contributed by atoms with Crippen molar-refractivity contribution >= 4 is 95.5 Å². The number of benzene rings is 11. The second-order valence-electron chi connectivity index (χ2n) is 26.1. The summed E-state index contributed by atoms with van der Waals surface area (Å²) in [4.78, 5) is 5.22. The Bertz CT molecular complexity index is 4610. The summed E-state index contributed by atoms with van der Waals surface area (Å²) in [6, 6.07) is 89.9. The summed E-state index contributed by atoms with van der Waals surface area (Å²) >= 11 is 1.95. The Hall–Kier alpha value is -8.77. The van der Waals surface area contributed by atoms with Crippen LogP contribution < -0.4 is 21.3 Å². The number of fused-ring (bicyclic) bond motifs is 11. The molecule has 3 nitrogen and oxygen atoms in total. The normalized spacial score (nSPS) is 13.3. The van der Waals surface area contributed by atoms with E-state index in [4.69, 9.17) is 0 Å². The highest BCUT2D eigenvalue weighted by atomic mass is 32.2. The van der Waals surface area contributed by atoms with Crippen LogP contribution >= 0.6 is 11.8 Å². The van der Waals surface area contributed by atoms with E-state index in [1.165, 1.54) is 137 Å². The first-order valence-electron chi connectivity index (χ1n) is 29.4. The van der Waals surface area contributed by atoms with E-state index in [1.807, 2.05) is 11.8 Å². The summed E-state index contributed by atoms with van der Waals surface area (Å²) in [7, 11) is 0. The topological polar surface area (TPSA) is 13.1 Å². The lowest BCUT2D eigenvalue weighted by Crippen LogP contribution is -2.60. The fraction of sp³-hybridized carbons (Fsp3) is 0.154. The monoisotopic (exact) mass is 1090 g/mol. The second kappa shape index (κ2) is 18.9. The Kier molecular flexibility index (Phi) is 11.6. The van der Waals surface area contributed by atoms with Gasteiger partial charge < -0.3 is 14.0 Å². The summed E-state index contributed by atoms with van der Waals surface area (Å²) < 4.78 is 5.09. The summed E-state index contributed by atoms with van der Waals surface area (Å²) in [6.45, 7) is 20.8. The van der Waals surface area contributed by atoms with Crippen LogP contribution in [0.15, 0.2) is 246 Å². The van der Waals surface area contributed by atoms with Crippen molar-refractivity contribution in [1.82, 2.24) is 9.13 Å². The Morgan fingerprint density at radius 2 is 0.843 bits per heavy atom. The maximum Gasteiger partial charge on any atom is 0.250 e. The van der Waals surface area contributed by atoms with Gasteiger partial charge in [0.1, 0.15) is 0 Å². The number of nitrogens with zero attached hydrogens (tertiary/aromatic N) is 3. The molecule has 15 rings (SSSR count). The van der Waals surface area contributed by atoms with Gasteiger partial charge in [-0.15, -0.1) is 0 Å². The molecule has 402 valence electrons. The molecule has 4 heterocycles. The maximum atomic E-state index is 2.62. The number of aromatic nitrogens is 2. The molecule has 0 bridgehead atoms. The third-order valence-corrected chi connectivity index (χ3v) is 19.0. The van der Waals surface area contributed by atoms with Gasteiger partial charge in [0.15, 0.2) is 0 Å². The zero-order chi connectivity index (χ0) is 56.7. The van der Waals surface area contributed by atoms with Gasteiger partial charge in [-0.2, -0.15) is 0 Å². The number of hydrogen-bond donors (Lipinski definition) is 0. The van der Waals surface area contributed by atoms with Gasteiger partial charge in [0.05, 0.1) is 27.8 Å². The molecule has 0 amide bonds. The van der Waals surface area contributed by atoms with Gasteiger partial charge in [-0.3, -0.25) is 0 Å². The molecule has 0 atom stereocenters. The predicted octanol–water partition coefficient (Wildman–Crippen LogP) is 19.5. The maximum absolute atomic E-state index is 2.62. The summed E-state index contributed by atoms with van der Waals surface area (Å²) in [5.74, 6) is 0. The lowest BCUT2D eigenvalue weighted by Gasteiger charge is -2.41. The Balaban J connectivity index is 1.02. The van der Waals surface area contributed by atoms with E-state index in [-0.39, 0.29) is 23.0 Å². The molecule has 0 spiro atoms. The van der Waals surface area contributed by atoms with Crippen LogP contribution in [-0.4, -0.2) is 15.8 Å². The SMILES string of the molecule is CC(C)(C)c1ccc(-c2cccc(-c3ccc(C(C)(C)C)cc3)c2-n2c3ccccc3c3c4c(ccc32)Sc2cc(C(C)(C)C)cc3c2B4c2ccc(-n4c5ccccc5c5ccccc54)cc2N3c2ccc(-c3ccccc3)cc2)cc1. The van der Waals surface area contributed by atoms with Crippen LogP contribution in [0.25, 0.3) is 88.4 Å². The minimum Gasteiger partial charge on any atom is -0.311 e. The van der Waals surface area contributed by atoms with Crippen molar-refractivity contribution in [2.24, 2.45) is 0 Å². The van der Waals surface area contributed by atoms with Crippen LogP contribution in [0.1, 0.15) is 79.0 Å². The van der Waals surface area contributed by atoms with Gasteiger partial charge in [0.2, 0.25) is 0 Å². The van der Waals surface area contributed by atoms with Crippen LogP contribution in [0.5, 0.6) is 0 Å². The summed E-state index contributed by atoms with van der Waals surface area (Å²) in [5, 5.41) is 5.07. The largest absolute Gasteiger partial charge is 0.311 e. The van der Waals surface area contributed by atoms with Crippen molar-refractivity contribution in [3.63, 3.8) is 0 Å². The lowest BCUT2D eigenvalue weighted by molar-refractivity contribution is 0.589. The third-order valence-electron chi connectivity index (χ3n) is 17.9. The number of anilines is 3. The van der Waals surface area contributed by atoms with Crippen molar-refractivity contribution in [2.75, 3.05) is 4.90 Å². The van der Waals surface area contributed by atoms with E-state index in [2.05, 4.69) is 313 Å². The van der Waals surface area contributed by atoms with Crippen molar-refractivity contribution in [3.8, 4) is 44.8 Å². The van der Waals surface area contributed by atoms with Crippen molar-refractivity contribution in [3.05, 3.63) is 253 Å². The highest BCUT2D eigenvalue weighted by molar-refractivity contribution is 8.00. The van der Waals surface area contributed by atoms with Gasteiger partial charge in [0.25, 0.3) is 6.71 Å². The standard InChI is InChI=1S/C78H66BN3S/c1-76(2,3)53-36-30-51(31-37-53)58-25-19-26-59(52-32-38-54(39-33-52)77(4,5)6)75(58)82-66-29-18-15-24-62(66)72-67(82)44-45-70-74(72)79-63-43-42-57(81-64-27-16-13-22-60(64)61-23-14-17-28-65(61)81)48-68(63)80(56-40-34-50(35-41-56)49-20-11-10-12-21-49)69-46-55(78(7,8)9)47-71(83-70)73(69)79/h10-48H,1-9H3. The second-order valence-corrected chi connectivity index (χ2v) is 27.2. The smallest absolute Gasteiger partial charge is 0.250 e. The molecule has 83 heavy (non-hydrogen) atoms. The zero-order valence-electron chi connectivity index (χ0n) is 48.8. The first-order valence-corrected chi connectivity index (χ1v) is 30.3. The fourth-order valence-electron chi connectivity index (χ4n) is 13.6. The highest BCUT2D eigenvalue weighted by Crippen LogP contribution is 2.49. The lowest BCUT2D eigenvalue weighted by atomic mass is 9.34. The third kappa shape index (κ3) is 8.25. The zero-order valence-corrected chi connectivity index (χ0v) is 49.7. The summed E-state index contributed by atoms with van der Waals surface area (Å²) in [6.07, 6.45) is 0. The molecular formula is C78H66BN3S. The average Bonchev–Trinajstić information content (AvgIpc) is 1.88. The minimum absolute atomic E-state index is 0.0309. The van der Waals surface area contributed by atoms with E-state index in [1.54, 1.807) is 0 Å². The molecule has 0 fully saturated rings. The van der Waals surface area contributed by atoms with Crippen LogP contribution in [0.2, 0.25) is 0 Å². The molecule has 13 aromatic rings. The van der Waals surface area contributed by atoms with E-state index < -0.39 is 0 Å². The van der Waals surface area contributed by atoms with Crippen LogP contribution in [0.3, 0.4) is 0 Å². The van der Waals surface area contributed by atoms with E-state index in [0.717, 1.165) is 11.4 Å². The van der Waals surface area contributed by atoms with Crippen molar-refractivity contribution in [2.45, 2.75) is 88.3 Å². The van der Waals surface area contributed by atoms with Crippen molar-refractivity contribution < 1.29 is 0 Å². The molecule has 0 radical (unpaired) electrons. The van der Waals surface area contributed by atoms with E-state index >= 15 is 0 Å². The van der Waals surface area contributed by atoms with Crippen LogP contribution in [0, 0.1) is 0 Å². The number of hydrogen-bond acceptors (Lipinski definition) is 2. The van der Waals surface area contributed by atoms with Crippen LogP contribution in [0.4, 0.5) is 17.1 Å². The molecule has 2 aromatic heterocycles. The Morgan fingerprint density at radius 3 is 1.42 bits per heavy atom. The molecule has 0 saturated carbocycles. The molecule has 2 aliphatic rings. The van der Waals surface area contributed by atoms with E-state index in [9.17, 15) is 0 Å². The molecule has 11 aromatic carbocycles. The molecule has 0 saturated heterocycles. The van der Waals surface area contributed by atoms with Crippen molar-refractivity contribution in [1.29, 1.82) is 0 Å². The molecule has 5 heteroatoms. The van der Waals surface area contributed by atoms with Gasteiger partial charge in [0, 0.05) is 65.2 Å². The molecule has 0 aliphatic carbocycles. The Morgan fingerprint density at radius 1 is 0.337 bits per heavy atom. The predicted molar refractivity (Wildman–Crippen MR) is 357 cm³/mol. The first-order chi connectivity index (χ1) is 40.1. The first kappa shape index (κ1) is 51.1. The average molecular weight is 1090 g/mol. The molecular weight excluding hydrogens is 1020 g/mol. The fourth-order valence-corrected chi connectivity index (χ4v) is 14.8. The number of para-hydroxylation sites is 4.